The van der Waals surface area contributed by atoms with Crippen molar-refractivity contribution in [1.29, 1.82) is 0 Å². The van der Waals surface area contributed by atoms with E-state index in [9.17, 15) is 18.0 Å². The minimum absolute atomic E-state index is 0.453. The fourth-order valence-corrected chi connectivity index (χ4v) is 2.38. The number of hydrogen-bond acceptors (Lipinski definition) is 5. The fraction of sp³-hybridized carbons (Fsp3) is 0.833. The van der Waals surface area contributed by atoms with Gasteiger partial charge in [-0.25, -0.2) is 0 Å². The maximum atomic E-state index is 11.7. The van der Waals surface area contributed by atoms with Gasteiger partial charge >= 0.3 is 11.9 Å². The molecule has 0 amide bonds. The molecule has 0 saturated carbocycles. The van der Waals surface area contributed by atoms with Gasteiger partial charge in [0, 0.05) is 0 Å². The zero-order chi connectivity index (χ0) is 15.8. The Kier molecular flexibility index (Phi) is 8.40. The molecule has 20 heavy (non-hydrogen) atoms. The van der Waals surface area contributed by atoms with Gasteiger partial charge in [0.25, 0.3) is 10.1 Å². The quantitative estimate of drug-likeness (QED) is 0.465. The molecule has 2 unspecified atom stereocenters. The van der Waals surface area contributed by atoms with Crippen LogP contribution in [0.3, 0.4) is 0 Å². The smallest absolute Gasteiger partial charge is 0.327 e. The van der Waals surface area contributed by atoms with Crippen molar-refractivity contribution in [3.05, 3.63) is 0 Å². The monoisotopic (exact) mass is 310 g/mol. The molecule has 0 aliphatic carbocycles. The topological polar surface area (TPSA) is 118 Å². The molecule has 0 aromatic carbocycles. The second-order valence-corrected chi connectivity index (χ2v) is 6.19. The molecule has 0 aromatic heterocycles. The van der Waals surface area contributed by atoms with E-state index >= 15 is 0 Å². The Morgan fingerprint density at radius 2 is 1.75 bits per heavy atom. The Morgan fingerprint density at radius 3 is 2.15 bits per heavy atom. The molecule has 0 saturated heterocycles. The Bertz CT molecular complexity index is 416. The molecule has 0 aliphatic rings. The summed E-state index contributed by atoms with van der Waals surface area (Å²) in [6, 6.07) is 0. The zero-order valence-electron chi connectivity index (χ0n) is 11.7. The van der Waals surface area contributed by atoms with Crippen molar-refractivity contribution < 1.29 is 32.4 Å². The third-order valence-corrected chi connectivity index (χ3v) is 3.83. The molecule has 0 radical (unpaired) electrons. The molecular formula is C12H22O7S. The van der Waals surface area contributed by atoms with Crippen molar-refractivity contribution in [2.75, 3.05) is 0 Å². The van der Waals surface area contributed by atoms with Crippen LogP contribution in [0.1, 0.15) is 52.4 Å². The number of carbonyl (C=O) groups excluding carboxylic acids is 1. The second-order valence-electron chi connectivity index (χ2n) is 4.59. The molecule has 8 heteroatoms. The molecule has 0 aliphatic heterocycles. The number of esters is 1. The Labute approximate surface area is 119 Å². The second kappa shape index (κ2) is 8.91. The van der Waals surface area contributed by atoms with Crippen LogP contribution in [0.2, 0.25) is 0 Å². The third-order valence-electron chi connectivity index (χ3n) is 2.76. The number of carboxylic acid groups (broad SMARTS) is 1. The molecular weight excluding hydrogens is 288 g/mol. The lowest BCUT2D eigenvalue weighted by molar-refractivity contribution is -0.152. The van der Waals surface area contributed by atoms with Crippen molar-refractivity contribution >= 4 is 22.1 Å². The molecule has 0 aromatic rings. The summed E-state index contributed by atoms with van der Waals surface area (Å²) in [6.45, 7) is 3.86. The number of carboxylic acids is 1. The van der Waals surface area contributed by atoms with Crippen molar-refractivity contribution in [3.8, 4) is 0 Å². The van der Waals surface area contributed by atoms with Crippen LogP contribution in [-0.4, -0.2) is 41.4 Å². The van der Waals surface area contributed by atoms with Gasteiger partial charge in [-0.05, 0) is 12.8 Å². The van der Waals surface area contributed by atoms with Gasteiger partial charge in [-0.2, -0.15) is 8.42 Å². The van der Waals surface area contributed by atoms with E-state index in [4.69, 9.17) is 14.4 Å². The largest absolute Gasteiger partial charge is 0.481 e. The lowest BCUT2D eigenvalue weighted by Crippen LogP contribution is -2.36. The normalized spacial score (nSPS) is 14.6. The number of unbranched alkanes of at least 4 members (excludes halogenated alkanes) is 1. The minimum Gasteiger partial charge on any atom is -0.481 e. The summed E-state index contributed by atoms with van der Waals surface area (Å²) in [5, 5.41) is 6.52. The van der Waals surface area contributed by atoms with Crippen molar-refractivity contribution in [1.82, 2.24) is 0 Å². The van der Waals surface area contributed by atoms with Gasteiger partial charge in [-0.15, -0.1) is 0 Å². The number of carbonyl (C=O) groups is 2. The Morgan fingerprint density at radius 1 is 1.15 bits per heavy atom. The number of aliphatic carboxylic acids is 1. The Hall–Kier alpha value is -1.15. The van der Waals surface area contributed by atoms with E-state index in [0.29, 0.717) is 12.8 Å². The predicted octanol–water partition coefficient (Wildman–Crippen LogP) is 1.62. The SMILES string of the molecule is CCCCC(CCC)OC(=O)C(CC(=O)O)S(=O)(=O)O. The van der Waals surface area contributed by atoms with Gasteiger partial charge in [0.1, 0.15) is 6.10 Å². The standard InChI is InChI=1S/C12H22O7S/c1-3-5-7-9(6-4-2)19-12(15)10(8-11(13)14)20(16,17)18/h9-10H,3-8H2,1-2H3,(H,13,14)(H,16,17,18). The van der Waals surface area contributed by atoms with Crippen LogP contribution in [0.4, 0.5) is 0 Å². The van der Waals surface area contributed by atoms with Gasteiger partial charge in [-0.1, -0.05) is 33.1 Å². The lowest BCUT2D eigenvalue weighted by Gasteiger charge is -2.19. The molecule has 2 N–H and O–H groups in total. The molecule has 7 nitrogen and oxygen atoms in total. The maximum absolute atomic E-state index is 11.7. The van der Waals surface area contributed by atoms with E-state index in [1.54, 1.807) is 0 Å². The van der Waals surface area contributed by atoms with Crippen LogP contribution in [0, 0.1) is 0 Å². The predicted molar refractivity (Wildman–Crippen MR) is 71.9 cm³/mol. The summed E-state index contributed by atoms with van der Waals surface area (Å²) in [5.41, 5.74) is 0. The van der Waals surface area contributed by atoms with Gasteiger partial charge in [0.2, 0.25) is 0 Å². The van der Waals surface area contributed by atoms with Crippen LogP contribution in [0.15, 0.2) is 0 Å². The highest BCUT2D eigenvalue weighted by atomic mass is 32.2. The van der Waals surface area contributed by atoms with E-state index in [0.717, 1.165) is 19.3 Å². The summed E-state index contributed by atoms with van der Waals surface area (Å²) in [4.78, 5) is 22.3. The Balaban J connectivity index is 4.82. The molecule has 0 heterocycles. The number of hydrogen-bond donors (Lipinski definition) is 2. The minimum atomic E-state index is -4.80. The summed E-state index contributed by atoms with van der Waals surface area (Å²) in [6.07, 6.45) is 2.15. The summed E-state index contributed by atoms with van der Waals surface area (Å²) in [7, 11) is -4.80. The van der Waals surface area contributed by atoms with E-state index < -0.39 is 39.8 Å². The average molecular weight is 310 g/mol. The molecule has 0 spiro atoms. The maximum Gasteiger partial charge on any atom is 0.327 e. The highest BCUT2D eigenvalue weighted by molar-refractivity contribution is 7.87. The molecule has 2 atom stereocenters. The first-order chi connectivity index (χ1) is 9.22. The molecule has 118 valence electrons. The van der Waals surface area contributed by atoms with Crippen molar-refractivity contribution in [2.24, 2.45) is 0 Å². The molecule has 0 fully saturated rings. The summed E-state index contributed by atoms with van der Waals surface area (Å²) < 4.78 is 36.1. The van der Waals surface area contributed by atoms with Crippen molar-refractivity contribution in [2.45, 2.75) is 63.7 Å². The third kappa shape index (κ3) is 7.44. The van der Waals surface area contributed by atoms with Crippen LogP contribution in [-0.2, 0) is 24.4 Å². The van der Waals surface area contributed by atoms with Gasteiger partial charge < -0.3 is 9.84 Å². The first-order valence-electron chi connectivity index (χ1n) is 6.60. The van der Waals surface area contributed by atoms with Crippen molar-refractivity contribution in [3.63, 3.8) is 0 Å². The highest BCUT2D eigenvalue weighted by Crippen LogP contribution is 2.15. The average Bonchev–Trinajstić information content (AvgIpc) is 2.31. The van der Waals surface area contributed by atoms with Gasteiger partial charge in [0.15, 0.2) is 5.25 Å². The van der Waals surface area contributed by atoms with Crippen LogP contribution in [0.25, 0.3) is 0 Å². The van der Waals surface area contributed by atoms with E-state index in [-0.39, 0.29) is 0 Å². The summed E-state index contributed by atoms with van der Waals surface area (Å²) in [5.74, 6) is -2.70. The first kappa shape index (κ1) is 18.9. The van der Waals surface area contributed by atoms with Crippen LogP contribution in [0.5, 0.6) is 0 Å². The van der Waals surface area contributed by atoms with Crippen LogP contribution >= 0.6 is 0 Å². The number of rotatable bonds is 10. The van der Waals surface area contributed by atoms with Crippen LogP contribution < -0.4 is 0 Å². The highest BCUT2D eigenvalue weighted by Gasteiger charge is 2.36. The van der Waals surface area contributed by atoms with Gasteiger partial charge in [-0.3, -0.25) is 14.1 Å². The summed E-state index contributed by atoms with van der Waals surface area (Å²) >= 11 is 0. The van der Waals surface area contributed by atoms with E-state index in [1.165, 1.54) is 0 Å². The van der Waals surface area contributed by atoms with E-state index in [1.807, 2.05) is 13.8 Å². The zero-order valence-corrected chi connectivity index (χ0v) is 12.6. The lowest BCUT2D eigenvalue weighted by atomic mass is 10.1. The van der Waals surface area contributed by atoms with E-state index in [2.05, 4.69) is 0 Å². The fourth-order valence-electron chi connectivity index (χ4n) is 1.72. The first-order valence-corrected chi connectivity index (χ1v) is 8.11. The molecule has 0 bridgehead atoms. The number of ether oxygens (including phenoxy) is 1. The van der Waals surface area contributed by atoms with Gasteiger partial charge in [0.05, 0.1) is 6.42 Å². The molecule has 0 rings (SSSR count).